The Hall–Kier alpha value is -0.520. The lowest BCUT2D eigenvalue weighted by Gasteiger charge is -2.24. The van der Waals surface area contributed by atoms with Gasteiger partial charge in [0.1, 0.15) is 17.2 Å². The second kappa shape index (κ2) is 4.55. The highest BCUT2D eigenvalue weighted by molar-refractivity contribution is 9.10. The van der Waals surface area contributed by atoms with E-state index in [1.807, 2.05) is 0 Å². The van der Waals surface area contributed by atoms with Gasteiger partial charge in [0.15, 0.2) is 0 Å². The number of hydrogen-bond acceptors (Lipinski definition) is 2. The fraction of sp³-hybridized carbons (Fsp3) is 0.400. The van der Waals surface area contributed by atoms with Crippen LogP contribution in [-0.2, 0) is 10.3 Å². The topological polar surface area (TPSA) is 29.5 Å². The van der Waals surface area contributed by atoms with Crippen LogP contribution in [0.3, 0.4) is 0 Å². The van der Waals surface area contributed by atoms with Crippen LogP contribution in [0.5, 0.6) is 0 Å². The summed E-state index contributed by atoms with van der Waals surface area (Å²) in [6, 6.07) is 2.34. The summed E-state index contributed by atoms with van der Waals surface area (Å²) in [4.78, 5) is 0. The van der Waals surface area contributed by atoms with Crippen LogP contribution in [0.25, 0.3) is 0 Å². The number of rotatable bonds is 3. The lowest BCUT2D eigenvalue weighted by atomic mass is 9.96. The summed E-state index contributed by atoms with van der Waals surface area (Å²) in [5.41, 5.74) is -2.08. The number of benzene rings is 1. The standard InChI is InChI=1S/C10H11BrF2O2/c1-10(14,5-15-2)8-7(12)4-3-6(11)9(8)13/h3-4,14H,5H2,1-2H3. The highest BCUT2D eigenvalue weighted by Crippen LogP contribution is 2.30. The van der Waals surface area contributed by atoms with Crippen LogP contribution in [0.15, 0.2) is 16.6 Å². The molecule has 0 aliphatic carbocycles. The maximum Gasteiger partial charge on any atom is 0.146 e. The minimum atomic E-state index is -1.69. The second-order valence-electron chi connectivity index (χ2n) is 3.43. The Balaban J connectivity index is 3.29. The van der Waals surface area contributed by atoms with Crippen molar-refractivity contribution in [2.24, 2.45) is 0 Å². The van der Waals surface area contributed by atoms with Crippen LogP contribution in [-0.4, -0.2) is 18.8 Å². The van der Waals surface area contributed by atoms with Gasteiger partial charge in [-0.1, -0.05) is 0 Å². The Kier molecular flexibility index (Phi) is 3.81. The maximum atomic E-state index is 13.6. The molecule has 0 saturated carbocycles. The van der Waals surface area contributed by atoms with Crippen LogP contribution in [0.4, 0.5) is 8.78 Å². The Morgan fingerprint density at radius 3 is 2.60 bits per heavy atom. The van der Waals surface area contributed by atoms with E-state index in [0.29, 0.717) is 0 Å². The SMILES string of the molecule is COCC(C)(O)c1c(F)ccc(Br)c1F. The summed E-state index contributed by atoms with van der Waals surface area (Å²) in [5.74, 6) is -1.60. The van der Waals surface area contributed by atoms with Gasteiger partial charge < -0.3 is 9.84 Å². The lowest BCUT2D eigenvalue weighted by Crippen LogP contribution is -2.30. The molecule has 0 aromatic heterocycles. The molecule has 0 heterocycles. The van der Waals surface area contributed by atoms with E-state index in [-0.39, 0.29) is 11.1 Å². The molecule has 0 fully saturated rings. The molecule has 5 heteroatoms. The molecule has 0 saturated heterocycles. The molecule has 2 nitrogen and oxygen atoms in total. The van der Waals surface area contributed by atoms with Gasteiger partial charge in [-0.15, -0.1) is 0 Å². The molecule has 0 aliphatic heterocycles. The van der Waals surface area contributed by atoms with Crippen molar-refractivity contribution in [2.45, 2.75) is 12.5 Å². The van der Waals surface area contributed by atoms with Gasteiger partial charge in [-0.3, -0.25) is 0 Å². The second-order valence-corrected chi connectivity index (χ2v) is 4.28. The number of methoxy groups -OCH3 is 1. The maximum absolute atomic E-state index is 13.6. The predicted octanol–water partition coefficient (Wildman–Crippen LogP) is 2.58. The summed E-state index contributed by atoms with van der Waals surface area (Å²) < 4.78 is 31.8. The van der Waals surface area contributed by atoms with Gasteiger partial charge in [-0.2, -0.15) is 0 Å². The Morgan fingerprint density at radius 1 is 1.47 bits per heavy atom. The van der Waals surface area contributed by atoms with E-state index in [9.17, 15) is 13.9 Å². The number of ether oxygens (including phenoxy) is 1. The Morgan fingerprint density at radius 2 is 2.07 bits per heavy atom. The van der Waals surface area contributed by atoms with Gasteiger partial charge in [0.25, 0.3) is 0 Å². The fourth-order valence-electron chi connectivity index (χ4n) is 1.37. The van der Waals surface area contributed by atoms with Gasteiger partial charge >= 0.3 is 0 Å². The third-order valence-corrected chi connectivity index (χ3v) is 2.62. The number of halogens is 3. The van der Waals surface area contributed by atoms with Crippen molar-refractivity contribution in [2.75, 3.05) is 13.7 Å². The number of hydrogen-bond donors (Lipinski definition) is 1. The van der Waals surface area contributed by atoms with Crippen LogP contribution in [0, 0.1) is 11.6 Å². The molecule has 1 N–H and O–H groups in total. The lowest BCUT2D eigenvalue weighted by molar-refractivity contribution is -0.0258. The first kappa shape index (κ1) is 12.5. The van der Waals surface area contributed by atoms with Crippen LogP contribution >= 0.6 is 15.9 Å². The minimum Gasteiger partial charge on any atom is -0.383 e. The van der Waals surface area contributed by atoms with E-state index in [4.69, 9.17) is 4.74 Å². The first-order valence-electron chi connectivity index (χ1n) is 4.25. The van der Waals surface area contributed by atoms with Crippen LogP contribution in [0.2, 0.25) is 0 Å². The molecule has 0 radical (unpaired) electrons. The van der Waals surface area contributed by atoms with E-state index < -0.39 is 22.8 Å². The molecule has 1 rings (SSSR count). The average Bonchev–Trinajstić information content (AvgIpc) is 2.11. The van der Waals surface area contributed by atoms with Gasteiger partial charge in [-0.25, -0.2) is 8.78 Å². The Bertz CT molecular complexity index is 367. The summed E-state index contributed by atoms with van der Waals surface area (Å²) >= 11 is 2.93. The molecular weight excluding hydrogens is 270 g/mol. The van der Waals surface area contributed by atoms with Crippen LogP contribution in [0.1, 0.15) is 12.5 Å². The number of aliphatic hydroxyl groups is 1. The average molecular weight is 281 g/mol. The third kappa shape index (κ3) is 2.53. The van der Waals surface area contributed by atoms with Crippen molar-refractivity contribution in [3.05, 3.63) is 33.8 Å². The summed E-state index contributed by atoms with van der Waals surface area (Å²) in [6.45, 7) is 1.11. The zero-order valence-corrected chi connectivity index (χ0v) is 9.94. The van der Waals surface area contributed by atoms with Crippen molar-refractivity contribution in [1.82, 2.24) is 0 Å². The molecule has 84 valence electrons. The molecule has 1 unspecified atom stereocenters. The van der Waals surface area contributed by atoms with E-state index in [0.717, 1.165) is 6.07 Å². The zero-order valence-electron chi connectivity index (χ0n) is 8.35. The van der Waals surface area contributed by atoms with Crippen molar-refractivity contribution in [3.8, 4) is 0 Å². The van der Waals surface area contributed by atoms with E-state index in [2.05, 4.69) is 15.9 Å². The zero-order chi connectivity index (χ0) is 11.6. The van der Waals surface area contributed by atoms with Gasteiger partial charge in [0.2, 0.25) is 0 Å². The fourth-order valence-corrected chi connectivity index (χ4v) is 1.70. The van der Waals surface area contributed by atoms with Gasteiger partial charge in [-0.05, 0) is 35.0 Å². The quantitative estimate of drug-likeness (QED) is 0.863. The highest BCUT2D eigenvalue weighted by atomic mass is 79.9. The summed E-state index contributed by atoms with van der Waals surface area (Å²) in [6.07, 6.45) is 0. The van der Waals surface area contributed by atoms with Crippen molar-refractivity contribution < 1.29 is 18.6 Å². The van der Waals surface area contributed by atoms with E-state index >= 15 is 0 Å². The van der Waals surface area contributed by atoms with Gasteiger partial charge in [0, 0.05) is 7.11 Å². The largest absolute Gasteiger partial charge is 0.383 e. The molecule has 1 aromatic carbocycles. The predicted molar refractivity (Wildman–Crippen MR) is 55.5 cm³/mol. The summed E-state index contributed by atoms with van der Waals surface area (Å²) in [5, 5.41) is 9.85. The van der Waals surface area contributed by atoms with Crippen molar-refractivity contribution in [3.63, 3.8) is 0 Å². The first-order valence-corrected chi connectivity index (χ1v) is 5.04. The van der Waals surface area contributed by atoms with Gasteiger partial charge in [0.05, 0.1) is 16.6 Å². The Labute approximate surface area is 95.0 Å². The molecule has 0 aliphatic rings. The van der Waals surface area contributed by atoms with E-state index in [1.54, 1.807) is 0 Å². The van der Waals surface area contributed by atoms with Crippen molar-refractivity contribution >= 4 is 15.9 Å². The summed E-state index contributed by atoms with van der Waals surface area (Å²) in [7, 11) is 1.35. The molecule has 15 heavy (non-hydrogen) atoms. The monoisotopic (exact) mass is 280 g/mol. The normalized spacial score (nSPS) is 15.1. The molecule has 1 aromatic rings. The smallest absolute Gasteiger partial charge is 0.146 e. The first-order chi connectivity index (χ1) is 6.90. The van der Waals surface area contributed by atoms with Crippen LogP contribution < -0.4 is 0 Å². The minimum absolute atomic E-state index is 0.107. The van der Waals surface area contributed by atoms with Crippen molar-refractivity contribution in [1.29, 1.82) is 0 Å². The third-order valence-electron chi connectivity index (χ3n) is 2.01. The molecule has 0 bridgehead atoms. The molecule has 1 atom stereocenters. The molecule has 0 amide bonds. The van der Waals surface area contributed by atoms with E-state index in [1.165, 1.54) is 20.1 Å². The molecule has 0 spiro atoms. The highest BCUT2D eigenvalue weighted by Gasteiger charge is 2.31. The molecular formula is C10H11BrF2O2.